The zero-order valence-electron chi connectivity index (χ0n) is 15.8. The van der Waals surface area contributed by atoms with Gasteiger partial charge in [0.15, 0.2) is 0 Å². The first-order valence-electron chi connectivity index (χ1n) is 9.01. The van der Waals surface area contributed by atoms with Crippen LogP contribution in [0.5, 0.6) is 0 Å². The van der Waals surface area contributed by atoms with E-state index in [2.05, 4.69) is 43.1 Å². The minimum atomic E-state index is 0.259. The van der Waals surface area contributed by atoms with Gasteiger partial charge in [0, 0.05) is 42.8 Å². The smallest absolute Gasteiger partial charge is 0.148 e. The zero-order chi connectivity index (χ0) is 18.9. The zero-order valence-corrected chi connectivity index (χ0v) is 16.6. The summed E-state index contributed by atoms with van der Waals surface area (Å²) in [7, 11) is 0. The Morgan fingerprint density at radius 3 is 2.54 bits per heavy atom. The van der Waals surface area contributed by atoms with Gasteiger partial charge >= 0.3 is 0 Å². The lowest BCUT2D eigenvalue weighted by Crippen LogP contribution is -2.46. The van der Waals surface area contributed by atoms with Gasteiger partial charge < -0.3 is 9.80 Å². The Kier molecular flexibility index (Phi) is 5.16. The summed E-state index contributed by atoms with van der Waals surface area (Å²) in [5.41, 5.74) is 3.24. The number of pyridine rings is 1. The Hall–Kier alpha value is -2.18. The molecule has 1 fully saturated rings. The topological polar surface area (TPSA) is 19.4 Å². The monoisotopic (exact) mass is 367 g/mol. The van der Waals surface area contributed by atoms with E-state index < -0.39 is 0 Å². The summed E-state index contributed by atoms with van der Waals surface area (Å²) in [4.78, 5) is 9.43. The molecule has 1 aromatic heterocycles. The number of piperazine rings is 1. The van der Waals surface area contributed by atoms with Crippen LogP contribution in [-0.2, 0) is 0 Å². The third-order valence-corrected chi connectivity index (χ3v) is 4.96. The predicted octanol–water partition coefficient (Wildman–Crippen LogP) is 4.94. The second-order valence-corrected chi connectivity index (χ2v) is 8.53. The number of hydrogen-bond donors (Lipinski definition) is 0. The standard InChI is InChI=1S/C22H26ClN3/c1-6-17-7-8-20-18(13-17)14-19(23)21(24-20)26-11-9-25(10-12-26)16(2)15-22(3,4)5/h1,7-8,13-14H,2,9-12,15H2,3-5H3. The number of benzene rings is 1. The lowest BCUT2D eigenvalue weighted by atomic mass is 9.90. The first kappa shape index (κ1) is 18.6. The summed E-state index contributed by atoms with van der Waals surface area (Å²) < 4.78 is 0. The van der Waals surface area contributed by atoms with Gasteiger partial charge in [0.05, 0.1) is 10.5 Å². The maximum Gasteiger partial charge on any atom is 0.148 e. The molecule has 0 saturated carbocycles. The number of terminal acetylenes is 1. The molecule has 1 aromatic carbocycles. The van der Waals surface area contributed by atoms with Crippen molar-refractivity contribution >= 4 is 28.3 Å². The van der Waals surface area contributed by atoms with Crippen LogP contribution in [0.15, 0.2) is 36.5 Å². The predicted molar refractivity (Wildman–Crippen MR) is 112 cm³/mol. The molecule has 26 heavy (non-hydrogen) atoms. The van der Waals surface area contributed by atoms with Crippen LogP contribution in [0.3, 0.4) is 0 Å². The van der Waals surface area contributed by atoms with Crippen LogP contribution in [0, 0.1) is 17.8 Å². The molecule has 136 valence electrons. The number of rotatable bonds is 3. The Labute approximate surface area is 161 Å². The Morgan fingerprint density at radius 2 is 1.92 bits per heavy atom. The fourth-order valence-corrected chi connectivity index (χ4v) is 3.69. The van der Waals surface area contributed by atoms with Crippen molar-refractivity contribution in [3.8, 4) is 12.3 Å². The van der Waals surface area contributed by atoms with Gasteiger partial charge in [-0.3, -0.25) is 0 Å². The fraction of sp³-hybridized carbons (Fsp3) is 0.409. The van der Waals surface area contributed by atoms with E-state index in [9.17, 15) is 0 Å². The molecule has 4 heteroatoms. The first-order chi connectivity index (χ1) is 12.3. The average Bonchev–Trinajstić information content (AvgIpc) is 2.59. The van der Waals surface area contributed by atoms with E-state index >= 15 is 0 Å². The van der Waals surface area contributed by atoms with Crippen LogP contribution in [0.25, 0.3) is 10.9 Å². The van der Waals surface area contributed by atoms with Crippen molar-refractivity contribution < 1.29 is 0 Å². The van der Waals surface area contributed by atoms with E-state index in [-0.39, 0.29) is 5.41 Å². The van der Waals surface area contributed by atoms with Crippen molar-refractivity contribution in [1.29, 1.82) is 0 Å². The third-order valence-electron chi connectivity index (χ3n) is 4.68. The van der Waals surface area contributed by atoms with Gasteiger partial charge in [0.25, 0.3) is 0 Å². The van der Waals surface area contributed by atoms with Crippen molar-refractivity contribution in [3.05, 3.63) is 47.1 Å². The molecule has 2 heterocycles. The molecule has 0 unspecified atom stereocenters. The molecule has 1 saturated heterocycles. The molecule has 0 amide bonds. The van der Waals surface area contributed by atoms with Gasteiger partial charge in [-0.05, 0) is 36.1 Å². The molecule has 0 aliphatic carbocycles. The quantitative estimate of drug-likeness (QED) is 0.716. The van der Waals surface area contributed by atoms with Crippen LogP contribution in [0.1, 0.15) is 32.8 Å². The molecule has 2 aromatic rings. The average molecular weight is 368 g/mol. The highest BCUT2D eigenvalue weighted by Crippen LogP contribution is 2.30. The van der Waals surface area contributed by atoms with Crippen molar-refractivity contribution in [2.24, 2.45) is 5.41 Å². The Bertz CT molecular complexity index is 865. The van der Waals surface area contributed by atoms with Gasteiger partial charge in [-0.25, -0.2) is 4.98 Å². The summed E-state index contributed by atoms with van der Waals surface area (Å²) in [6, 6.07) is 7.80. The third kappa shape index (κ3) is 4.14. The van der Waals surface area contributed by atoms with E-state index in [4.69, 9.17) is 23.0 Å². The van der Waals surface area contributed by atoms with Crippen LogP contribution < -0.4 is 4.90 Å². The maximum atomic E-state index is 6.53. The van der Waals surface area contributed by atoms with Gasteiger partial charge in [0.1, 0.15) is 5.82 Å². The van der Waals surface area contributed by atoms with Gasteiger partial charge in [-0.1, -0.05) is 44.9 Å². The number of fused-ring (bicyclic) bond motifs is 1. The maximum absolute atomic E-state index is 6.53. The minimum absolute atomic E-state index is 0.259. The molecular weight excluding hydrogens is 342 g/mol. The van der Waals surface area contributed by atoms with Gasteiger partial charge in [-0.2, -0.15) is 0 Å². The van der Waals surface area contributed by atoms with E-state index in [0.717, 1.165) is 54.9 Å². The molecule has 0 atom stereocenters. The Morgan fingerprint density at radius 1 is 1.23 bits per heavy atom. The summed E-state index contributed by atoms with van der Waals surface area (Å²) in [6.07, 6.45) is 6.49. The van der Waals surface area contributed by atoms with Crippen LogP contribution in [0.2, 0.25) is 5.02 Å². The van der Waals surface area contributed by atoms with Crippen molar-refractivity contribution in [3.63, 3.8) is 0 Å². The fourth-order valence-electron chi connectivity index (χ4n) is 3.41. The Balaban J connectivity index is 1.74. The second-order valence-electron chi connectivity index (χ2n) is 8.12. The number of hydrogen-bond acceptors (Lipinski definition) is 3. The highest BCUT2D eigenvalue weighted by molar-refractivity contribution is 6.33. The number of nitrogens with zero attached hydrogens (tertiary/aromatic N) is 3. The molecule has 0 spiro atoms. The number of halogens is 1. The summed E-state index contributed by atoms with van der Waals surface area (Å²) in [5, 5.41) is 1.65. The van der Waals surface area contributed by atoms with Crippen molar-refractivity contribution in [2.45, 2.75) is 27.2 Å². The molecular formula is C22H26ClN3. The lowest BCUT2D eigenvalue weighted by molar-refractivity contribution is 0.276. The van der Waals surface area contributed by atoms with Gasteiger partial charge in [-0.15, -0.1) is 6.42 Å². The molecule has 3 nitrogen and oxygen atoms in total. The molecule has 1 aliphatic rings. The molecule has 0 N–H and O–H groups in total. The number of anilines is 1. The van der Waals surface area contributed by atoms with E-state index in [1.165, 1.54) is 5.70 Å². The van der Waals surface area contributed by atoms with Crippen LogP contribution in [0.4, 0.5) is 5.82 Å². The van der Waals surface area contributed by atoms with E-state index in [0.29, 0.717) is 5.02 Å². The highest BCUT2D eigenvalue weighted by Gasteiger charge is 2.23. The lowest BCUT2D eigenvalue weighted by Gasteiger charge is -2.39. The van der Waals surface area contributed by atoms with E-state index in [1.54, 1.807) is 0 Å². The summed E-state index contributed by atoms with van der Waals surface area (Å²) in [6.45, 7) is 14.7. The second kappa shape index (κ2) is 7.21. The number of allylic oxidation sites excluding steroid dienone is 1. The number of aromatic nitrogens is 1. The normalized spacial score (nSPS) is 15.2. The summed E-state index contributed by atoms with van der Waals surface area (Å²) >= 11 is 6.53. The van der Waals surface area contributed by atoms with Crippen LogP contribution in [-0.4, -0.2) is 36.1 Å². The largest absolute Gasteiger partial charge is 0.372 e. The SMILES string of the molecule is C#Cc1ccc2nc(N3CCN(C(=C)CC(C)(C)C)CC3)c(Cl)cc2c1. The molecule has 3 rings (SSSR count). The van der Waals surface area contributed by atoms with Crippen LogP contribution >= 0.6 is 11.6 Å². The van der Waals surface area contributed by atoms with E-state index in [1.807, 2.05) is 24.3 Å². The minimum Gasteiger partial charge on any atom is -0.372 e. The molecule has 1 aliphatic heterocycles. The molecule has 0 bridgehead atoms. The first-order valence-corrected chi connectivity index (χ1v) is 9.39. The molecule has 0 radical (unpaired) electrons. The van der Waals surface area contributed by atoms with Gasteiger partial charge in [0.2, 0.25) is 0 Å². The highest BCUT2D eigenvalue weighted by atomic mass is 35.5. The van der Waals surface area contributed by atoms with Crippen molar-refractivity contribution in [1.82, 2.24) is 9.88 Å². The van der Waals surface area contributed by atoms with Crippen molar-refractivity contribution in [2.75, 3.05) is 31.1 Å². The summed E-state index contributed by atoms with van der Waals surface area (Å²) in [5.74, 6) is 3.51.